The van der Waals surface area contributed by atoms with E-state index in [4.69, 9.17) is 14.1 Å². The molecule has 0 aromatic carbocycles. The van der Waals surface area contributed by atoms with Crippen LogP contribution in [-0.4, -0.2) is 50.3 Å². The SMILES string of the molecule is CCOCCCN=C(NCCc1ccco1)N1CCC2(CCCC2)C1.I. The van der Waals surface area contributed by atoms with Crippen LogP contribution in [0.25, 0.3) is 0 Å². The van der Waals surface area contributed by atoms with Gasteiger partial charge in [0, 0.05) is 45.8 Å². The molecule has 1 aliphatic carbocycles. The van der Waals surface area contributed by atoms with Gasteiger partial charge < -0.3 is 19.4 Å². The second kappa shape index (κ2) is 11.2. The fourth-order valence-electron chi connectivity index (χ4n) is 4.16. The molecule has 1 aromatic rings. The van der Waals surface area contributed by atoms with Gasteiger partial charge in [-0.05, 0) is 50.2 Å². The largest absolute Gasteiger partial charge is 0.469 e. The summed E-state index contributed by atoms with van der Waals surface area (Å²) in [5, 5.41) is 3.57. The lowest BCUT2D eigenvalue weighted by Gasteiger charge is -2.26. The van der Waals surface area contributed by atoms with Crippen LogP contribution in [0.15, 0.2) is 27.8 Å². The molecule has 2 heterocycles. The minimum absolute atomic E-state index is 0. The predicted octanol–water partition coefficient (Wildman–Crippen LogP) is 4.08. The van der Waals surface area contributed by atoms with Crippen molar-refractivity contribution in [1.82, 2.24) is 10.2 Å². The third kappa shape index (κ3) is 6.15. The first-order valence-electron chi connectivity index (χ1n) is 9.95. The summed E-state index contributed by atoms with van der Waals surface area (Å²) in [6, 6.07) is 3.98. The number of aliphatic imine (C=N–C) groups is 1. The van der Waals surface area contributed by atoms with Gasteiger partial charge in [0.25, 0.3) is 0 Å². The molecule has 1 spiro atoms. The average Bonchev–Trinajstić information content (AvgIpc) is 3.37. The normalized spacial score (nSPS) is 19.1. The van der Waals surface area contributed by atoms with Gasteiger partial charge in [0.2, 0.25) is 0 Å². The van der Waals surface area contributed by atoms with Gasteiger partial charge in [-0.1, -0.05) is 12.8 Å². The summed E-state index contributed by atoms with van der Waals surface area (Å²) in [5.41, 5.74) is 0.564. The Bertz CT molecular complexity index is 527. The molecule has 0 bridgehead atoms. The molecule has 1 aromatic heterocycles. The third-order valence-electron chi connectivity index (χ3n) is 5.55. The first-order valence-corrected chi connectivity index (χ1v) is 9.95. The van der Waals surface area contributed by atoms with E-state index in [0.29, 0.717) is 5.41 Å². The number of hydrogen-bond acceptors (Lipinski definition) is 3. The van der Waals surface area contributed by atoms with Gasteiger partial charge in [-0.15, -0.1) is 24.0 Å². The van der Waals surface area contributed by atoms with Crippen molar-refractivity contribution in [1.29, 1.82) is 0 Å². The van der Waals surface area contributed by atoms with Crippen molar-refractivity contribution in [3.8, 4) is 0 Å². The van der Waals surface area contributed by atoms with Gasteiger partial charge in [-0.25, -0.2) is 0 Å². The number of likely N-dealkylation sites (tertiary alicyclic amines) is 1. The Hall–Kier alpha value is -0.760. The van der Waals surface area contributed by atoms with Crippen LogP contribution in [0.5, 0.6) is 0 Å². The second-order valence-electron chi connectivity index (χ2n) is 7.39. The molecule has 2 aliphatic rings. The van der Waals surface area contributed by atoms with E-state index in [1.165, 1.54) is 38.6 Å². The number of rotatable bonds is 8. The summed E-state index contributed by atoms with van der Waals surface area (Å²) in [4.78, 5) is 7.35. The number of furan rings is 1. The highest BCUT2D eigenvalue weighted by molar-refractivity contribution is 14.0. The number of guanidine groups is 1. The molecule has 0 unspecified atom stereocenters. The highest BCUT2D eigenvalue weighted by Crippen LogP contribution is 2.45. The fourth-order valence-corrected chi connectivity index (χ4v) is 4.16. The summed E-state index contributed by atoms with van der Waals surface area (Å²) >= 11 is 0. The Balaban J connectivity index is 0.00000243. The second-order valence-corrected chi connectivity index (χ2v) is 7.39. The molecule has 148 valence electrons. The predicted molar refractivity (Wildman–Crippen MR) is 116 cm³/mol. The molecule has 26 heavy (non-hydrogen) atoms. The fraction of sp³-hybridized carbons (Fsp3) is 0.750. The van der Waals surface area contributed by atoms with Crippen molar-refractivity contribution in [2.45, 2.75) is 51.9 Å². The highest BCUT2D eigenvalue weighted by Gasteiger charge is 2.41. The van der Waals surface area contributed by atoms with Gasteiger partial charge >= 0.3 is 0 Å². The number of nitrogens with one attached hydrogen (secondary N) is 1. The van der Waals surface area contributed by atoms with E-state index in [1.807, 2.05) is 19.1 Å². The minimum Gasteiger partial charge on any atom is -0.469 e. The van der Waals surface area contributed by atoms with Crippen molar-refractivity contribution < 1.29 is 9.15 Å². The Morgan fingerprint density at radius 1 is 1.35 bits per heavy atom. The van der Waals surface area contributed by atoms with Crippen molar-refractivity contribution in [2.75, 3.05) is 39.4 Å². The molecule has 6 heteroatoms. The van der Waals surface area contributed by atoms with Gasteiger partial charge in [0.1, 0.15) is 5.76 Å². The molecular formula is C20H34IN3O2. The molecule has 1 N–H and O–H groups in total. The van der Waals surface area contributed by atoms with Crippen molar-refractivity contribution in [3.05, 3.63) is 24.2 Å². The van der Waals surface area contributed by atoms with Crippen LogP contribution < -0.4 is 5.32 Å². The molecule has 1 saturated heterocycles. The van der Waals surface area contributed by atoms with E-state index < -0.39 is 0 Å². The Kier molecular flexibility index (Phi) is 9.25. The summed E-state index contributed by atoms with van der Waals surface area (Å²) in [6.07, 6.45) is 10.5. The van der Waals surface area contributed by atoms with Crippen molar-refractivity contribution >= 4 is 29.9 Å². The van der Waals surface area contributed by atoms with Gasteiger partial charge in [0.05, 0.1) is 6.26 Å². The highest BCUT2D eigenvalue weighted by atomic mass is 127. The van der Waals surface area contributed by atoms with Crippen LogP contribution in [-0.2, 0) is 11.2 Å². The summed E-state index contributed by atoms with van der Waals surface area (Å²) in [5.74, 6) is 2.10. The summed E-state index contributed by atoms with van der Waals surface area (Å²) in [6.45, 7) is 7.61. The molecular weight excluding hydrogens is 441 g/mol. The van der Waals surface area contributed by atoms with E-state index in [-0.39, 0.29) is 24.0 Å². The van der Waals surface area contributed by atoms with Gasteiger partial charge in [0.15, 0.2) is 5.96 Å². The molecule has 5 nitrogen and oxygen atoms in total. The maximum Gasteiger partial charge on any atom is 0.193 e. The Morgan fingerprint density at radius 3 is 2.92 bits per heavy atom. The van der Waals surface area contributed by atoms with Gasteiger partial charge in [-0.2, -0.15) is 0 Å². The van der Waals surface area contributed by atoms with Crippen LogP contribution in [0.2, 0.25) is 0 Å². The van der Waals surface area contributed by atoms with E-state index >= 15 is 0 Å². The molecule has 1 saturated carbocycles. The zero-order valence-corrected chi connectivity index (χ0v) is 18.4. The summed E-state index contributed by atoms with van der Waals surface area (Å²) < 4.78 is 10.9. The minimum atomic E-state index is 0. The van der Waals surface area contributed by atoms with E-state index in [1.54, 1.807) is 6.26 Å². The molecule has 0 radical (unpaired) electrons. The monoisotopic (exact) mass is 475 g/mol. The van der Waals surface area contributed by atoms with Crippen LogP contribution in [0.1, 0.15) is 51.2 Å². The Morgan fingerprint density at radius 2 is 2.19 bits per heavy atom. The maximum atomic E-state index is 5.43. The van der Waals surface area contributed by atoms with E-state index in [9.17, 15) is 0 Å². The van der Waals surface area contributed by atoms with Crippen LogP contribution in [0.4, 0.5) is 0 Å². The van der Waals surface area contributed by atoms with Crippen molar-refractivity contribution in [3.63, 3.8) is 0 Å². The average molecular weight is 475 g/mol. The number of nitrogens with zero attached hydrogens (tertiary/aromatic N) is 2. The zero-order chi connectivity index (χ0) is 17.4. The zero-order valence-electron chi connectivity index (χ0n) is 16.0. The number of halogens is 1. The van der Waals surface area contributed by atoms with Crippen LogP contribution in [0.3, 0.4) is 0 Å². The first kappa shape index (κ1) is 21.5. The quantitative estimate of drug-likeness (QED) is 0.267. The standard InChI is InChI=1S/C20H33N3O2.HI/c1-2-24-15-6-12-21-19(22-13-8-18-7-5-16-25-18)23-14-11-20(17-23)9-3-4-10-20;/h5,7,16H,2-4,6,8-15,17H2,1H3,(H,21,22);1H. The van der Waals surface area contributed by atoms with E-state index in [0.717, 1.165) is 57.4 Å². The van der Waals surface area contributed by atoms with E-state index in [2.05, 4.69) is 10.2 Å². The topological polar surface area (TPSA) is 50.0 Å². The Labute approximate surface area is 175 Å². The lowest BCUT2D eigenvalue weighted by molar-refractivity contribution is 0.146. The van der Waals surface area contributed by atoms with Crippen LogP contribution >= 0.6 is 24.0 Å². The number of hydrogen-bond donors (Lipinski definition) is 1. The molecule has 3 rings (SSSR count). The molecule has 0 atom stereocenters. The first-order chi connectivity index (χ1) is 12.3. The van der Waals surface area contributed by atoms with Crippen molar-refractivity contribution in [2.24, 2.45) is 10.4 Å². The van der Waals surface area contributed by atoms with Gasteiger partial charge in [-0.3, -0.25) is 4.99 Å². The smallest absolute Gasteiger partial charge is 0.193 e. The molecule has 1 aliphatic heterocycles. The summed E-state index contributed by atoms with van der Waals surface area (Å²) in [7, 11) is 0. The lowest BCUT2D eigenvalue weighted by Crippen LogP contribution is -2.42. The number of ether oxygens (including phenoxy) is 1. The maximum absolute atomic E-state index is 5.43. The lowest BCUT2D eigenvalue weighted by atomic mass is 9.86. The molecule has 0 amide bonds. The molecule has 2 fully saturated rings. The van der Waals surface area contributed by atoms with Crippen LogP contribution in [0, 0.1) is 5.41 Å². The third-order valence-corrected chi connectivity index (χ3v) is 5.55.